The molecule has 18 heavy (non-hydrogen) atoms. The molecule has 2 aliphatic rings. The minimum atomic E-state index is 0.746. The van der Waals surface area contributed by atoms with E-state index in [1.54, 1.807) is 0 Å². The molecule has 0 radical (unpaired) electrons. The largest absolute Gasteiger partial charge is 0.242 e. The van der Waals surface area contributed by atoms with Gasteiger partial charge in [-0.2, -0.15) is 0 Å². The number of hydrogen-bond donors (Lipinski definition) is 0. The highest BCUT2D eigenvalue weighted by Gasteiger charge is 2.32. The van der Waals surface area contributed by atoms with Crippen LogP contribution in [0.4, 0.5) is 0 Å². The van der Waals surface area contributed by atoms with E-state index in [0.29, 0.717) is 0 Å². The van der Waals surface area contributed by atoms with Gasteiger partial charge in [-0.05, 0) is 32.6 Å². The first-order valence-corrected chi connectivity index (χ1v) is 7.50. The van der Waals surface area contributed by atoms with Crippen molar-refractivity contribution in [1.82, 2.24) is 10.0 Å². The van der Waals surface area contributed by atoms with Gasteiger partial charge in [0.25, 0.3) is 0 Å². The molecule has 0 spiro atoms. The lowest BCUT2D eigenvalue weighted by Gasteiger charge is -2.47. The van der Waals surface area contributed by atoms with Gasteiger partial charge in [-0.3, -0.25) is 0 Å². The number of allylic oxidation sites excluding steroid dienone is 1. The molecule has 0 aromatic carbocycles. The third-order valence-electron chi connectivity index (χ3n) is 4.22. The summed E-state index contributed by atoms with van der Waals surface area (Å²) >= 11 is 0. The van der Waals surface area contributed by atoms with Crippen LogP contribution in [-0.4, -0.2) is 60.1 Å². The van der Waals surface area contributed by atoms with E-state index in [1.165, 1.54) is 44.3 Å². The maximum atomic E-state index is 2.60. The molecule has 0 aromatic rings. The second kappa shape index (κ2) is 6.48. The smallest absolute Gasteiger partial charge is 0.166 e. The third kappa shape index (κ3) is 3.21. The summed E-state index contributed by atoms with van der Waals surface area (Å²) in [6.07, 6.45) is 9.89. The first-order valence-electron chi connectivity index (χ1n) is 7.50. The molecule has 1 unspecified atom stereocenters. The standard InChI is InChI=1S/C15H28N3/c1-4-16(3)13-14-8-6-7-10-17(5-2)18-11-9-15(18)12-14/h8,13,15H,4-7,9-12H2,1-3H3/q+1. The maximum Gasteiger partial charge on any atom is 0.166 e. The van der Waals surface area contributed by atoms with Crippen LogP contribution in [0.3, 0.4) is 0 Å². The van der Waals surface area contributed by atoms with Gasteiger partial charge in [0, 0.05) is 31.2 Å². The Morgan fingerprint density at radius 2 is 2.22 bits per heavy atom. The first-order chi connectivity index (χ1) is 8.74. The van der Waals surface area contributed by atoms with Gasteiger partial charge in [-0.25, -0.2) is 14.6 Å². The van der Waals surface area contributed by atoms with Crippen LogP contribution in [0.5, 0.6) is 0 Å². The van der Waals surface area contributed by atoms with Crippen molar-refractivity contribution in [2.24, 2.45) is 0 Å². The third-order valence-corrected chi connectivity index (χ3v) is 4.22. The molecule has 2 rings (SSSR count). The van der Waals surface area contributed by atoms with Crippen molar-refractivity contribution in [3.63, 3.8) is 0 Å². The Balaban J connectivity index is 2.06. The zero-order valence-electron chi connectivity index (χ0n) is 12.2. The molecular formula is C15H28N3+. The normalized spacial score (nSPS) is 27.6. The fourth-order valence-corrected chi connectivity index (χ4v) is 2.87. The summed E-state index contributed by atoms with van der Waals surface area (Å²) in [6, 6.07) is 0.746. The van der Waals surface area contributed by atoms with Crippen LogP contribution in [0.1, 0.15) is 39.5 Å². The van der Waals surface area contributed by atoms with Crippen molar-refractivity contribution in [2.75, 3.05) is 33.2 Å². The summed E-state index contributed by atoms with van der Waals surface area (Å²) in [4.78, 5) is 0. The Kier molecular flexibility index (Phi) is 4.95. The molecule has 1 fully saturated rings. The van der Waals surface area contributed by atoms with Crippen LogP contribution in [0.25, 0.3) is 0 Å². The quantitative estimate of drug-likeness (QED) is 0.561. The Labute approximate surface area is 112 Å². The predicted octanol–water partition coefficient (Wildman–Crippen LogP) is 2.14. The fraction of sp³-hybridized carbons (Fsp3) is 0.800. The summed E-state index contributed by atoms with van der Waals surface area (Å²) in [5.41, 5.74) is 1.53. The lowest BCUT2D eigenvalue weighted by Crippen LogP contribution is -2.57. The Hall–Kier alpha value is -0.670. The second-order valence-corrected chi connectivity index (χ2v) is 5.48. The molecule has 2 aliphatic heterocycles. The minimum absolute atomic E-state index is 0.746. The van der Waals surface area contributed by atoms with Gasteiger partial charge in [-0.15, -0.1) is 0 Å². The van der Waals surface area contributed by atoms with Gasteiger partial charge in [0.05, 0.1) is 0 Å². The Morgan fingerprint density at radius 1 is 1.39 bits per heavy atom. The molecule has 0 aliphatic carbocycles. The van der Waals surface area contributed by atoms with E-state index in [9.17, 15) is 0 Å². The van der Waals surface area contributed by atoms with Crippen molar-refractivity contribution in [2.45, 2.75) is 45.6 Å². The average Bonchev–Trinajstić information content (AvgIpc) is 2.40. The molecule has 2 heterocycles. The zero-order chi connectivity index (χ0) is 13.0. The number of hydrazine groups is 1. The zero-order valence-corrected chi connectivity index (χ0v) is 12.2. The van der Waals surface area contributed by atoms with Crippen LogP contribution in [0.15, 0.2) is 11.6 Å². The molecule has 3 heteroatoms. The number of rotatable bonds is 3. The molecule has 0 bridgehead atoms. The van der Waals surface area contributed by atoms with E-state index in [0.717, 1.165) is 19.1 Å². The van der Waals surface area contributed by atoms with Crippen molar-refractivity contribution < 1.29 is 4.58 Å². The fourth-order valence-electron chi connectivity index (χ4n) is 2.87. The predicted molar refractivity (Wildman–Crippen MR) is 77.1 cm³/mol. The van der Waals surface area contributed by atoms with E-state index in [1.807, 2.05) is 0 Å². The Morgan fingerprint density at radius 3 is 2.83 bits per heavy atom. The van der Waals surface area contributed by atoms with E-state index in [4.69, 9.17) is 0 Å². The van der Waals surface area contributed by atoms with E-state index >= 15 is 0 Å². The maximum absolute atomic E-state index is 2.60. The van der Waals surface area contributed by atoms with Gasteiger partial charge in [0.1, 0.15) is 13.6 Å². The molecule has 0 N–H and O–H groups in total. The topological polar surface area (TPSA) is 9.49 Å². The highest BCUT2D eigenvalue weighted by atomic mass is 15.7. The van der Waals surface area contributed by atoms with E-state index in [-0.39, 0.29) is 0 Å². The van der Waals surface area contributed by atoms with Crippen LogP contribution < -0.4 is 0 Å². The van der Waals surface area contributed by atoms with Crippen LogP contribution in [0, 0.1) is 0 Å². The number of fused-ring (bicyclic) bond motifs is 1. The van der Waals surface area contributed by atoms with Crippen molar-refractivity contribution in [3.8, 4) is 0 Å². The highest BCUT2D eigenvalue weighted by molar-refractivity contribution is 5.74. The van der Waals surface area contributed by atoms with Gasteiger partial charge in [0.15, 0.2) is 6.21 Å². The molecule has 3 nitrogen and oxygen atoms in total. The number of hydrogen-bond acceptors (Lipinski definition) is 2. The van der Waals surface area contributed by atoms with Crippen LogP contribution >= 0.6 is 0 Å². The van der Waals surface area contributed by atoms with Gasteiger partial charge < -0.3 is 0 Å². The van der Waals surface area contributed by atoms with Gasteiger partial charge in [-0.1, -0.05) is 13.0 Å². The Bertz CT molecular complexity index is 333. The SMILES string of the molecule is CCN1CCCC=C(C=[N+](C)CC)CC2CCN21. The monoisotopic (exact) mass is 250 g/mol. The van der Waals surface area contributed by atoms with Gasteiger partial charge >= 0.3 is 0 Å². The highest BCUT2D eigenvalue weighted by Crippen LogP contribution is 2.27. The van der Waals surface area contributed by atoms with Crippen molar-refractivity contribution >= 4 is 6.21 Å². The van der Waals surface area contributed by atoms with Crippen LogP contribution in [0.2, 0.25) is 0 Å². The van der Waals surface area contributed by atoms with E-state index in [2.05, 4.69) is 47.8 Å². The first kappa shape index (κ1) is 13.8. The summed E-state index contributed by atoms with van der Waals surface area (Å²) in [5, 5.41) is 5.15. The van der Waals surface area contributed by atoms with Crippen molar-refractivity contribution in [3.05, 3.63) is 11.6 Å². The molecule has 1 atom stereocenters. The van der Waals surface area contributed by atoms with Crippen molar-refractivity contribution in [1.29, 1.82) is 0 Å². The summed E-state index contributed by atoms with van der Waals surface area (Å²) in [6.45, 7) is 9.21. The second-order valence-electron chi connectivity index (χ2n) is 5.48. The lowest BCUT2D eigenvalue weighted by molar-refractivity contribution is -0.488. The van der Waals surface area contributed by atoms with Gasteiger partial charge in [0.2, 0.25) is 0 Å². The summed E-state index contributed by atoms with van der Waals surface area (Å²) < 4.78 is 2.30. The molecule has 1 saturated heterocycles. The molecule has 0 amide bonds. The lowest BCUT2D eigenvalue weighted by atomic mass is 9.97. The number of nitrogens with zero attached hydrogens (tertiary/aromatic N) is 3. The average molecular weight is 250 g/mol. The molecule has 0 saturated carbocycles. The van der Waals surface area contributed by atoms with Crippen LogP contribution in [-0.2, 0) is 0 Å². The summed E-state index contributed by atoms with van der Waals surface area (Å²) in [5.74, 6) is 0. The minimum Gasteiger partial charge on any atom is -0.242 e. The summed E-state index contributed by atoms with van der Waals surface area (Å²) in [7, 11) is 2.17. The molecule has 102 valence electrons. The molecule has 0 aromatic heterocycles. The molecular weight excluding hydrogens is 222 g/mol. The van der Waals surface area contributed by atoms with E-state index < -0.39 is 0 Å².